The van der Waals surface area contributed by atoms with Crippen LogP contribution in [0.4, 0.5) is 0 Å². The van der Waals surface area contributed by atoms with Crippen molar-refractivity contribution in [3.05, 3.63) is 46.5 Å². The van der Waals surface area contributed by atoms with Crippen molar-refractivity contribution in [2.45, 2.75) is 32.9 Å². The molecule has 0 bridgehead atoms. The van der Waals surface area contributed by atoms with Gasteiger partial charge in [0.25, 0.3) is 0 Å². The lowest BCUT2D eigenvalue weighted by atomic mass is 10.1. The van der Waals surface area contributed by atoms with Crippen molar-refractivity contribution in [1.82, 2.24) is 20.1 Å². The van der Waals surface area contributed by atoms with Crippen LogP contribution in [0.2, 0.25) is 0 Å². The zero-order valence-corrected chi connectivity index (χ0v) is 12.9. The maximum Gasteiger partial charge on any atom is 0.0763 e. The predicted octanol–water partition coefficient (Wildman–Crippen LogP) is 3.15. The molecule has 0 aromatic carbocycles. The third-order valence-corrected chi connectivity index (χ3v) is 3.44. The Kier molecular flexibility index (Phi) is 5.10. The van der Waals surface area contributed by atoms with E-state index in [1.807, 2.05) is 17.1 Å². The summed E-state index contributed by atoms with van der Waals surface area (Å²) in [5, 5.41) is 7.92. The van der Waals surface area contributed by atoms with Crippen LogP contribution >= 0.6 is 15.9 Å². The van der Waals surface area contributed by atoms with Crippen LogP contribution in [-0.2, 0) is 6.54 Å². The van der Waals surface area contributed by atoms with Gasteiger partial charge in [-0.25, -0.2) is 0 Å². The maximum absolute atomic E-state index is 4.36. The molecular formula is C14H19BrN4. The molecule has 0 aliphatic heterocycles. The summed E-state index contributed by atoms with van der Waals surface area (Å²) >= 11 is 3.48. The molecule has 5 heteroatoms. The average molecular weight is 323 g/mol. The van der Waals surface area contributed by atoms with E-state index in [1.165, 1.54) is 5.69 Å². The summed E-state index contributed by atoms with van der Waals surface area (Å²) in [6.07, 6.45) is 6.66. The van der Waals surface area contributed by atoms with Crippen molar-refractivity contribution in [2.24, 2.45) is 0 Å². The van der Waals surface area contributed by atoms with Crippen molar-refractivity contribution < 1.29 is 0 Å². The summed E-state index contributed by atoms with van der Waals surface area (Å²) in [4.78, 5) is 4.26. The molecule has 1 atom stereocenters. The molecule has 0 aliphatic carbocycles. The van der Waals surface area contributed by atoms with Crippen LogP contribution < -0.4 is 5.32 Å². The van der Waals surface area contributed by atoms with Crippen LogP contribution in [0.25, 0.3) is 0 Å². The van der Waals surface area contributed by atoms with E-state index in [9.17, 15) is 0 Å². The molecule has 2 aromatic heterocycles. The number of nitrogens with one attached hydrogen (secondary N) is 1. The first kappa shape index (κ1) is 14.2. The molecule has 0 fully saturated rings. The van der Waals surface area contributed by atoms with E-state index in [0.717, 1.165) is 29.5 Å². The summed E-state index contributed by atoms with van der Waals surface area (Å²) in [6.45, 7) is 6.10. The van der Waals surface area contributed by atoms with E-state index >= 15 is 0 Å². The predicted molar refractivity (Wildman–Crippen MR) is 80.0 cm³/mol. The number of rotatable bonds is 6. The number of hydrogen-bond donors (Lipinski definition) is 1. The second-order valence-electron chi connectivity index (χ2n) is 4.40. The molecule has 1 N–H and O–H groups in total. The van der Waals surface area contributed by atoms with Gasteiger partial charge in [-0.15, -0.1) is 0 Å². The zero-order valence-electron chi connectivity index (χ0n) is 11.3. The van der Waals surface area contributed by atoms with E-state index in [-0.39, 0.29) is 6.04 Å². The molecule has 0 spiro atoms. The molecule has 2 aromatic rings. The number of nitrogens with zero attached hydrogens (tertiary/aromatic N) is 3. The Morgan fingerprint density at radius 3 is 2.89 bits per heavy atom. The van der Waals surface area contributed by atoms with Gasteiger partial charge in [-0.3, -0.25) is 9.67 Å². The Morgan fingerprint density at radius 1 is 1.37 bits per heavy atom. The number of halogens is 1. The number of aromatic nitrogens is 3. The molecule has 0 saturated carbocycles. The average Bonchev–Trinajstić information content (AvgIpc) is 2.88. The quantitative estimate of drug-likeness (QED) is 0.888. The largest absolute Gasteiger partial charge is 0.305 e. The highest BCUT2D eigenvalue weighted by atomic mass is 79.9. The molecule has 19 heavy (non-hydrogen) atoms. The fourth-order valence-corrected chi connectivity index (χ4v) is 2.50. The van der Waals surface area contributed by atoms with Crippen LogP contribution in [0.3, 0.4) is 0 Å². The molecule has 0 amide bonds. The lowest BCUT2D eigenvalue weighted by Gasteiger charge is -2.20. The van der Waals surface area contributed by atoms with Gasteiger partial charge in [0.05, 0.1) is 11.7 Å². The number of hydrogen-bond acceptors (Lipinski definition) is 3. The molecule has 4 nitrogen and oxygen atoms in total. The van der Waals surface area contributed by atoms with E-state index < -0.39 is 0 Å². The topological polar surface area (TPSA) is 42.7 Å². The summed E-state index contributed by atoms with van der Waals surface area (Å²) in [7, 11) is 0. The van der Waals surface area contributed by atoms with Crippen molar-refractivity contribution in [3.8, 4) is 0 Å². The lowest BCUT2D eigenvalue weighted by Crippen LogP contribution is -2.26. The van der Waals surface area contributed by atoms with E-state index in [4.69, 9.17) is 0 Å². The van der Waals surface area contributed by atoms with Gasteiger partial charge in [0.2, 0.25) is 0 Å². The highest BCUT2D eigenvalue weighted by molar-refractivity contribution is 9.10. The molecule has 0 saturated heterocycles. The fraction of sp³-hybridized carbons (Fsp3) is 0.429. The van der Waals surface area contributed by atoms with E-state index in [1.54, 1.807) is 6.20 Å². The van der Waals surface area contributed by atoms with Crippen molar-refractivity contribution in [1.29, 1.82) is 0 Å². The third kappa shape index (κ3) is 3.42. The summed E-state index contributed by atoms with van der Waals surface area (Å²) in [6, 6.07) is 4.30. The first-order valence-corrected chi connectivity index (χ1v) is 7.41. The molecule has 2 heterocycles. The number of aryl methyl sites for hydroxylation is 1. The van der Waals surface area contributed by atoms with Crippen LogP contribution in [0.1, 0.15) is 37.6 Å². The fourth-order valence-electron chi connectivity index (χ4n) is 2.12. The molecule has 102 valence electrons. The van der Waals surface area contributed by atoms with Crippen molar-refractivity contribution >= 4 is 15.9 Å². The van der Waals surface area contributed by atoms with Crippen molar-refractivity contribution in [3.63, 3.8) is 0 Å². The molecule has 2 rings (SSSR count). The summed E-state index contributed by atoms with van der Waals surface area (Å²) < 4.78 is 3.02. The standard InChI is InChI=1S/C14H19BrN4/c1-3-6-17-14(11-8-12(15)10-16-9-11)13-5-7-18-19(13)4-2/h5,7-10,14,17H,3-4,6H2,1-2H3. The van der Waals surface area contributed by atoms with E-state index in [2.05, 4.69) is 57.3 Å². The monoisotopic (exact) mass is 322 g/mol. The Bertz CT molecular complexity index is 524. The minimum atomic E-state index is 0.132. The SMILES string of the molecule is CCCNC(c1cncc(Br)c1)c1ccnn1CC. The number of pyridine rings is 1. The minimum Gasteiger partial charge on any atom is -0.305 e. The van der Waals surface area contributed by atoms with Crippen LogP contribution in [0, 0.1) is 0 Å². The van der Waals surface area contributed by atoms with Gasteiger partial charge in [-0.2, -0.15) is 5.10 Å². The van der Waals surface area contributed by atoms with Gasteiger partial charge in [0.1, 0.15) is 0 Å². The van der Waals surface area contributed by atoms with Gasteiger partial charge in [-0.1, -0.05) is 6.92 Å². The molecular weight excluding hydrogens is 304 g/mol. The van der Waals surface area contributed by atoms with Gasteiger partial charge in [0.15, 0.2) is 0 Å². The van der Waals surface area contributed by atoms with Gasteiger partial charge < -0.3 is 5.32 Å². The van der Waals surface area contributed by atoms with Crippen LogP contribution in [0.15, 0.2) is 35.2 Å². The van der Waals surface area contributed by atoms with Crippen LogP contribution in [-0.4, -0.2) is 21.3 Å². The Hall–Kier alpha value is -1.20. The second kappa shape index (κ2) is 6.82. The first-order chi connectivity index (χ1) is 9.26. The molecule has 0 radical (unpaired) electrons. The Morgan fingerprint density at radius 2 is 2.21 bits per heavy atom. The maximum atomic E-state index is 4.36. The summed E-state index contributed by atoms with van der Waals surface area (Å²) in [5.41, 5.74) is 2.33. The first-order valence-electron chi connectivity index (χ1n) is 6.61. The second-order valence-corrected chi connectivity index (χ2v) is 5.31. The molecule has 1 unspecified atom stereocenters. The smallest absolute Gasteiger partial charge is 0.0763 e. The van der Waals surface area contributed by atoms with Crippen molar-refractivity contribution in [2.75, 3.05) is 6.54 Å². The van der Waals surface area contributed by atoms with Gasteiger partial charge in [0, 0.05) is 29.6 Å². The van der Waals surface area contributed by atoms with Gasteiger partial charge in [-0.05, 0) is 53.5 Å². The highest BCUT2D eigenvalue weighted by Gasteiger charge is 2.17. The highest BCUT2D eigenvalue weighted by Crippen LogP contribution is 2.23. The zero-order chi connectivity index (χ0) is 13.7. The van der Waals surface area contributed by atoms with Crippen LogP contribution in [0.5, 0.6) is 0 Å². The molecule has 0 aliphatic rings. The summed E-state index contributed by atoms with van der Waals surface area (Å²) in [5.74, 6) is 0. The normalized spacial score (nSPS) is 12.6. The minimum absolute atomic E-state index is 0.132. The Labute approximate surface area is 122 Å². The van der Waals surface area contributed by atoms with Gasteiger partial charge >= 0.3 is 0 Å². The Balaban J connectivity index is 2.35. The lowest BCUT2D eigenvalue weighted by molar-refractivity contribution is 0.528. The van der Waals surface area contributed by atoms with E-state index in [0.29, 0.717) is 0 Å². The third-order valence-electron chi connectivity index (χ3n) is 3.00.